The maximum atomic E-state index is 14.4. The minimum absolute atomic E-state index is 0.259. The Kier molecular flexibility index (Phi) is 13.9. The maximum Gasteiger partial charge on any atom is 0.335 e. The van der Waals surface area contributed by atoms with Gasteiger partial charge < -0.3 is 67.3 Å². The van der Waals surface area contributed by atoms with Crippen molar-refractivity contribution in [1.82, 2.24) is 41.8 Å². The molecule has 0 radical (unpaired) electrons. The zero-order valence-electron chi connectivity index (χ0n) is 32.7. The maximum absolute atomic E-state index is 14.4. The Hall–Kier alpha value is -5.29. The SMILES string of the molecule is CC(C)[C@H]1NC(=O)[C@@H](C[C@](C)(O)CO)NC(=O)[C@H]2Cc3c([nH]c4ccccc34)SC[C@@H](NC(=O)[C@H]([C@@H](O)C(=O)O)NC1=O)C(=O)N1C[C@@H](O)C[C@H]1C(=O)N[C@@H](C)C(=O)N2. The average Bonchev–Trinajstić information content (AvgIpc) is 3.74. The average molecular weight is 847 g/mol. The molecule has 0 aliphatic carbocycles. The van der Waals surface area contributed by atoms with Crippen molar-refractivity contribution in [3.8, 4) is 0 Å². The summed E-state index contributed by atoms with van der Waals surface area (Å²) >= 11 is 0.978. The van der Waals surface area contributed by atoms with Gasteiger partial charge in [0.2, 0.25) is 41.4 Å². The van der Waals surface area contributed by atoms with Crippen LogP contribution in [0.1, 0.15) is 46.1 Å². The van der Waals surface area contributed by atoms with E-state index in [9.17, 15) is 63.9 Å². The van der Waals surface area contributed by atoms with E-state index in [1.54, 1.807) is 24.3 Å². The molecule has 7 amide bonds. The van der Waals surface area contributed by atoms with Crippen LogP contribution in [0.5, 0.6) is 0 Å². The molecule has 0 spiro atoms. The van der Waals surface area contributed by atoms with Crippen LogP contribution in [-0.4, -0.2) is 162 Å². The summed E-state index contributed by atoms with van der Waals surface area (Å²) in [4.78, 5) is 114. The van der Waals surface area contributed by atoms with E-state index in [1.807, 2.05) is 0 Å². The van der Waals surface area contributed by atoms with Gasteiger partial charge in [0, 0.05) is 42.5 Å². The van der Waals surface area contributed by atoms with E-state index in [4.69, 9.17) is 0 Å². The van der Waals surface area contributed by atoms with Gasteiger partial charge in [0.15, 0.2) is 6.10 Å². The number of H-pyrrole nitrogens is 1. The van der Waals surface area contributed by atoms with E-state index in [0.29, 0.717) is 21.5 Å². The van der Waals surface area contributed by atoms with Crippen LogP contribution in [0.3, 0.4) is 0 Å². The first kappa shape index (κ1) is 44.8. The minimum atomic E-state index is -2.58. The largest absolute Gasteiger partial charge is 0.479 e. The van der Waals surface area contributed by atoms with Gasteiger partial charge in [-0.3, -0.25) is 33.6 Å². The number of benzene rings is 1. The number of aromatic nitrogens is 1. The van der Waals surface area contributed by atoms with Gasteiger partial charge in [-0.1, -0.05) is 32.0 Å². The first-order valence-corrected chi connectivity index (χ1v) is 20.0. The summed E-state index contributed by atoms with van der Waals surface area (Å²) < 4.78 is 0. The summed E-state index contributed by atoms with van der Waals surface area (Å²) in [5, 5.41) is 67.6. The molecule has 4 heterocycles. The van der Waals surface area contributed by atoms with Crippen molar-refractivity contribution in [2.75, 3.05) is 18.9 Å². The van der Waals surface area contributed by atoms with Crippen LogP contribution < -0.4 is 31.9 Å². The highest BCUT2D eigenvalue weighted by Gasteiger charge is 2.45. The zero-order chi connectivity index (χ0) is 43.5. The molecular formula is C37H50N8O13S. The summed E-state index contributed by atoms with van der Waals surface area (Å²) in [7, 11) is 0. The third-order valence-electron chi connectivity index (χ3n) is 10.5. The van der Waals surface area contributed by atoms with Crippen LogP contribution in [0.25, 0.3) is 10.9 Å². The van der Waals surface area contributed by atoms with E-state index >= 15 is 0 Å². The number of hydrogen-bond donors (Lipinski definition) is 12. The number of carbonyl (C=O) groups is 8. The monoisotopic (exact) mass is 846 g/mol. The molecule has 1 fully saturated rings. The fraction of sp³-hybridized carbons (Fsp3) is 0.568. The Labute approximate surface area is 341 Å². The number of aromatic amines is 1. The first-order chi connectivity index (χ1) is 27.7. The molecule has 3 aliphatic rings. The molecule has 59 heavy (non-hydrogen) atoms. The van der Waals surface area contributed by atoms with E-state index in [1.165, 1.54) is 27.7 Å². The number of para-hydroxylation sites is 1. The van der Waals surface area contributed by atoms with Crippen LogP contribution in [0.2, 0.25) is 0 Å². The summed E-state index contributed by atoms with van der Waals surface area (Å²) in [6.07, 6.45) is -4.92. The van der Waals surface area contributed by atoms with Crippen molar-refractivity contribution in [1.29, 1.82) is 0 Å². The van der Waals surface area contributed by atoms with Crippen molar-refractivity contribution < 1.29 is 63.9 Å². The molecule has 12 N–H and O–H groups in total. The fourth-order valence-electron chi connectivity index (χ4n) is 7.14. The van der Waals surface area contributed by atoms with Gasteiger partial charge in [-0.05, 0) is 31.4 Å². The summed E-state index contributed by atoms with van der Waals surface area (Å²) in [6.45, 7) is 4.26. The summed E-state index contributed by atoms with van der Waals surface area (Å²) in [6, 6.07) is -4.38. The van der Waals surface area contributed by atoms with Crippen LogP contribution >= 0.6 is 11.8 Å². The highest BCUT2D eigenvalue weighted by Crippen LogP contribution is 2.32. The van der Waals surface area contributed by atoms with Gasteiger partial charge in [0.1, 0.15) is 42.3 Å². The van der Waals surface area contributed by atoms with Crippen molar-refractivity contribution in [3.05, 3.63) is 29.8 Å². The van der Waals surface area contributed by atoms with Crippen molar-refractivity contribution in [2.24, 2.45) is 5.92 Å². The lowest BCUT2D eigenvalue weighted by Gasteiger charge is -2.32. The molecule has 21 nitrogen and oxygen atoms in total. The Bertz CT molecular complexity index is 1990. The van der Waals surface area contributed by atoms with E-state index in [0.717, 1.165) is 16.7 Å². The van der Waals surface area contributed by atoms with E-state index in [-0.39, 0.29) is 25.1 Å². The molecule has 3 aliphatic heterocycles. The van der Waals surface area contributed by atoms with E-state index < -0.39 is 126 Å². The number of aliphatic carboxylic acids is 1. The van der Waals surface area contributed by atoms with Gasteiger partial charge in [-0.2, -0.15) is 0 Å². The van der Waals surface area contributed by atoms with Gasteiger partial charge in [-0.15, -0.1) is 11.8 Å². The molecule has 0 unspecified atom stereocenters. The number of carboxylic acid groups (broad SMARTS) is 1. The highest BCUT2D eigenvalue weighted by molar-refractivity contribution is 7.99. The normalized spacial score (nSPS) is 29.5. The van der Waals surface area contributed by atoms with Crippen LogP contribution in [-0.2, 0) is 44.8 Å². The molecule has 0 saturated carbocycles. The lowest BCUT2D eigenvalue weighted by Crippen LogP contribution is -2.64. The number of thioether (sulfide) groups is 1. The second kappa shape index (κ2) is 18.3. The number of nitrogens with one attached hydrogen (secondary N) is 7. The molecule has 322 valence electrons. The number of rotatable bonds is 6. The van der Waals surface area contributed by atoms with Gasteiger partial charge >= 0.3 is 5.97 Å². The second-order valence-corrected chi connectivity index (χ2v) is 16.7. The Morgan fingerprint density at radius 2 is 1.53 bits per heavy atom. The molecule has 2 aromatic rings. The molecule has 22 heteroatoms. The fourth-order valence-corrected chi connectivity index (χ4v) is 8.25. The minimum Gasteiger partial charge on any atom is -0.479 e. The number of fused-ring (bicyclic) bond motifs is 5. The number of hydrogen-bond acceptors (Lipinski definition) is 13. The molecule has 1 aromatic carbocycles. The first-order valence-electron chi connectivity index (χ1n) is 19.0. The standard InChI is InChI=1S/C37H50N8O13S/c1-15(2)25-32(53)44-26(27(48)36(56)57)33(54)41-23-13-59-34-19(18-7-5-6-8-20(18)42-34)10-21(29(50)40-22(30(51)43-25)11-37(4,58)14-46)39-28(49)16(3)38-31(52)24-9-17(47)12-45(24)35(23)55/h5-8,15-17,21-27,42,46-48,58H,9-14H2,1-4H3,(H,38,52)(H,39,49)(H,40,50)(H,41,54)(H,43,51)(H,44,53)(H,56,57)/t16-,17-,21+,22+,23+,24-,25+,26-,27+,37-/m0/s1. The second-order valence-electron chi connectivity index (χ2n) is 15.7. The van der Waals surface area contributed by atoms with Crippen LogP contribution in [0, 0.1) is 5.92 Å². The molecule has 5 rings (SSSR count). The molecule has 1 saturated heterocycles. The number of aliphatic hydroxyl groups excluding tert-OH is 3. The lowest BCUT2D eigenvalue weighted by molar-refractivity contribution is -0.152. The Balaban J connectivity index is 1.73. The van der Waals surface area contributed by atoms with Crippen LogP contribution in [0.15, 0.2) is 29.3 Å². The van der Waals surface area contributed by atoms with Gasteiger partial charge in [0.25, 0.3) is 0 Å². The quantitative estimate of drug-likeness (QED) is 0.132. The number of nitrogens with zero attached hydrogens (tertiary/aromatic N) is 1. The summed E-state index contributed by atoms with van der Waals surface area (Å²) in [5.74, 6) is -10.1. The zero-order valence-corrected chi connectivity index (χ0v) is 33.5. The number of carbonyl (C=O) groups excluding carboxylic acids is 7. The van der Waals surface area contributed by atoms with Gasteiger partial charge in [0.05, 0.1) is 23.3 Å². The topological polar surface area (TPSA) is 329 Å². The number of amides is 7. The van der Waals surface area contributed by atoms with Crippen molar-refractivity contribution >= 4 is 70.0 Å². The highest BCUT2D eigenvalue weighted by atomic mass is 32.2. The third kappa shape index (κ3) is 10.3. The Morgan fingerprint density at radius 3 is 2.19 bits per heavy atom. The molecular weight excluding hydrogens is 797 g/mol. The lowest BCUT2D eigenvalue weighted by atomic mass is 9.95. The Morgan fingerprint density at radius 1 is 0.881 bits per heavy atom. The third-order valence-corrected chi connectivity index (χ3v) is 11.6. The molecule has 1 aromatic heterocycles. The number of aliphatic hydroxyl groups is 4. The molecule has 10 atom stereocenters. The van der Waals surface area contributed by atoms with Crippen molar-refractivity contribution in [2.45, 2.75) is 112 Å². The van der Waals surface area contributed by atoms with Crippen LogP contribution in [0.4, 0.5) is 0 Å². The summed E-state index contributed by atoms with van der Waals surface area (Å²) in [5.41, 5.74) is -0.960. The van der Waals surface area contributed by atoms with E-state index in [2.05, 4.69) is 36.9 Å². The predicted octanol–water partition coefficient (Wildman–Crippen LogP) is -4.04. The smallest absolute Gasteiger partial charge is 0.335 e. The van der Waals surface area contributed by atoms with Gasteiger partial charge in [-0.25, -0.2) is 4.79 Å². The number of carboxylic acids is 1. The predicted molar refractivity (Wildman–Crippen MR) is 207 cm³/mol. The molecule has 2 bridgehead atoms. The van der Waals surface area contributed by atoms with Crippen molar-refractivity contribution in [3.63, 3.8) is 0 Å².